The molecule has 8 nitrogen and oxygen atoms in total. The van der Waals surface area contributed by atoms with Crippen molar-refractivity contribution in [2.45, 2.75) is 6.42 Å². The summed E-state index contributed by atoms with van der Waals surface area (Å²) in [5.74, 6) is -1.15. The van der Waals surface area contributed by atoms with E-state index in [0.717, 1.165) is 24.3 Å². The van der Waals surface area contributed by atoms with Gasteiger partial charge in [0.05, 0.1) is 18.2 Å². The number of hydrogen-bond acceptors (Lipinski definition) is 7. The highest BCUT2D eigenvalue weighted by Gasteiger charge is 2.17. The SMILES string of the molecule is C=C(CCNC(=O)COc1ccc(Cl)c(F)c1)NC(=O)c1csc(N2CCOCC2)n1. The summed E-state index contributed by atoms with van der Waals surface area (Å²) in [6.45, 7) is 6.57. The summed E-state index contributed by atoms with van der Waals surface area (Å²) in [5.41, 5.74) is 0.771. The maximum Gasteiger partial charge on any atom is 0.274 e. The van der Waals surface area contributed by atoms with Crippen LogP contribution in [0.15, 0.2) is 35.9 Å². The lowest BCUT2D eigenvalue weighted by molar-refractivity contribution is -0.123. The Morgan fingerprint density at radius 1 is 1.35 bits per heavy atom. The third-order valence-electron chi connectivity index (χ3n) is 4.31. The van der Waals surface area contributed by atoms with Gasteiger partial charge in [-0.05, 0) is 12.1 Å². The van der Waals surface area contributed by atoms with Crippen LogP contribution in [0.25, 0.3) is 0 Å². The molecule has 11 heteroatoms. The Balaban J connectivity index is 1.35. The molecule has 2 N–H and O–H groups in total. The van der Waals surface area contributed by atoms with E-state index < -0.39 is 5.82 Å². The molecule has 1 aromatic heterocycles. The number of hydrogen-bond donors (Lipinski definition) is 2. The van der Waals surface area contributed by atoms with Crippen molar-refractivity contribution in [3.63, 3.8) is 0 Å². The first kappa shape index (κ1) is 23.0. The molecule has 1 aliphatic rings. The van der Waals surface area contributed by atoms with Crippen LogP contribution in [0.3, 0.4) is 0 Å². The zero-order valence-electron chi connectivity index (χ0n) is 16.7. The Morgan fingerprint density at radius 3 is 2.87 bits per heavy atom. The van der Waals surface area contributed by atoms with E-state index in [1.807, 2.05) is 0 Å². The van der Waals surface area contributed by atoms with Crippen molar-refractivity contribution < 1.29 is 23.5 Å². The molecule has 1 fully saturated rings. The maximum atomic E-state index is 13.4. The monoisotopic (exact) mass is 468 g/mol. The van der Waals surface area contributed by atoms with Gasteiger partial charge in [-0.2, -0.15) is 0 Å². The Hall–Kier alpha value is -2.69. The summed E-state index contributed by atoms with van der Waals surface area (Å²) in [5, 5.41) is 7.79. The normalized spacial score (nSPS) is 13.5. The summed E-state index contributed by atoms with van der Waals surface area (Å²) in [6, 6.07) is 3.93. The van der Waals surface area contributed by atoms with Gasteiger partial charge in [-0.1, -0.05) is 18.2 Å². The molecule has 31 heavy (non-hydrogen) atoms. The van der Waals surface area contributed by atoms with Crippen LogP contribution in [0.4, 0.5) is 9.52 Å². The number of ether oxygens (including phenoxy) is 2. The van der Waals surface area contributed by atoms with Gasteiger partial charge in [0, 0.05) is 43.2 Å². The number of thiazole rings is 1. The molecule has 2 heterocycles. The molecular formula is C20H22ClFN4O4S. The van der Waals surface area contributed by atoms with Gasteiger partial charge in [-0.15, -0.1) is 11.3 Å². The number of halogens is 2. The van der Waals surface area contributed by atoms with E-state index in [1.165, 1.54) is 23.5 Å². The van der Waals surface area contributed by atoms with Crippen molar-refractivity contribution in [1.29, 1.82) is 0 Å². The smallest absolute Gasteiger partial charge is 0.274 e. The third-order valence-corrected chi connectivity index (χ3v) is 5.51. The molecular weight excluding hydrogens is 447 g/mol. The van der Waals surface area contributed by atoms with E-state index in [1.54, 1.807) is 5.38 Å². The molecule has 166 valence electrons. The molecule has 0 bridgehead atoms. The molecule has 0 unspecified atom stereocenters. The van der Waals surface area contributed by atoms with Crippen molar-refractivity contribution in [3.05, 3.63) is 52.4 Å². The van der Waals surface area contributed by atoms with Crippen molar-refractivity contribution in [2.75, 3.05) is 44.4 Å². The minimum atomic E-state index is -0.621. The number of aromatic nitrogens is 1. The zero-order chi connectivity index (χ0) is 22.2. The lowest BCUT2D eigenvalue weighted by Gasteiger charge is -2.25. The van der Waals surface area contributed by atoms with Crippen molar-refractivity contribution >= 4 is 39.9 Å². The highest BCUT2D eigenvalue weighted by atomic mass is 35.5. The standard InChI is InChI=1S/C20H22ClFN4O4S/c1-13(4-5-23-18(27)11-30-14-2-3-15(21)16(22)10-14)24-19(28)17-12-31-20(25-17)26-6-8-29-9-7-26/h2-3,10,12H,1,4-9,11H2,(H,23,27)(H,24,28). The van der Waals surface area contributed by atoms with Crippen LogP contribution in [-0.2, 0) is 9.53 Å². The van der Waals surface area contributed by atoms with Gasteiger partial charge < -0.3 is 25.0 Å². The van der Waals surface area contributed by atoms with E-state index in [9.17, 15) is 14.0 Å². The Kier molecular flexibility index (Phi) is 8.21. The molecule has 3 rings (SSSR count). The average Bonchev–Trinajstić information content (AvgIpc) is 3.26. The molecule has 0 atom stereocenters. The van der Waals surface area contributed by atoms with Gasteiger partial charge in [0.2, 0.25) is 0 Å². The number of amides is 2. The average molecular weight is 469 g/mol. The molecule has 1 aliphatic heterocycles. The Bertz CT molecular complexity index is 949. The van der Waals surface area contributed by atoms with E-state index in [4.69, 9.17) is 21.1 Å². The van der Waals surface area contributed by atoms with Crippen LogP contribution in [0, 0.1) is 5.82 Å². The highest BCUT2D eigenvalue weighted by molar-refractivity contribution is 7.13. The van der Waals surface area contributed by atoms with Crippen LogP contribution in [-0.4, -0.2) is 56.3 Å². The molecule has 0 aliphatic carbocycles. The van der Waals surface area contributed by atoms with E-state index >= 15 is 0 Å². The molecule has 0 spiro atoms. The van der Waals surface area contributed by atoms with Crippen molar-refractivity contribution in [1.82, 2.24) is 15.6 Å². The van der Waals surface area contributed by atoms with Crippen LogP contribution in [0.2, 0.25) is 5.02 Å². The number of carbonyl (C=O) groups is 2. The first-order chi connectivity index (χ1) is 14.9. The zero-order valence-corrected chi connectivity index (χ0v) is 18.2. The second kappa shape index (κ2) is 11.1. The number of carbonyl (C=O) groups excluding carboxylic acids is 2. The topological polar surface area (TPSA) is 92.8 Å². The maximum absolute atomic E-state index is 13.4. The summed E-state index contributed by atoms with van der Waals surface area (Å²) < 4.78 is 23.9. The lowest BCUT2D eigenvalue weighted by Crippen LogP contribution is -2.36. The summed E-state index contributed by atoms with van der Waals surface area (Å²) in [4.78, 5) is 30.6. The molecule has 1 aromatic carbocycles. The molecule has 2 aromatic rings. The molecule has 0 radical (unpaired) electrons. The minimum Gasteiger partial charge on any atom is -0.484 e. The number of morpholine rings is 1. The van der Waals surface area contributed by atoms with Crippen molar-refractivity contribution in [2.24, 2.45) is 0 Å². The van der Waals surface area contributed by atoms with E-state index in [0.29, 0.717) is 31.0 Å². The van der Waals surface area contributed by atoms with Crippen LogP contribution in [0.1, 0.15) is 16.9 Å². The van der Waals surface area contributed by atoms with Gasteiger partial charge in [0.15, 0.2) is 11.7 Å². The fourth-order valence-corrected chi connectivity index (χ4v) is 3.65. The van der Waals surface area contributed by atoms with Crippen LogP contribution >= 0.6 is 22.9 Å². The van der Waals surface area contributed by atoms with Gasteiger partial charge in [0.25, 0.3) is 11.8 Å². The Morgan fingerprint density at radius 2 is 2.13 bits per heavy atom. The van der Waals surface area contributed by atoms with Crippen LogP contribution < -0.4 is 20.3 Å². The number of rotatable bonds is 9. The number of nitrogens with one attached hydrogen (secondary N) is 2. The summed E-state index contributed by atoms with van der Waals surface area (Å²) in [7, 11) is 0. The van der Waals surface area contributed by atoms with Gasteiger partial charge in [0.1, 0.15) is 17.3 Å². The first-order valence-corrected chi connectivity index (χ1v) is 10.8. The third kappa shape index (κ3) is 6.91. The molecule has 1 saturated heterocycles. The summed E-state index contributed by atoms with van der Waals surface area (Å²) >= 11 is 7.00. The predicted octanol–water partition coefficient (Wildman–Crippen LogP) is 2.60. The van der Waals surface area contributed by atoms with Crippen LogP contribution in [0.5, 0.6) is 5.75 Å². The fraction of sp³-hybridized carbons (Fsp3) is 0.350. The summed E-state index contributed by atoms with van der Waals surface area (Å²) in [6.07, 6.45) is 0.341. The second-order valence-electron chi connectivity index (χ2n) is 6.64. The number of nitrogens with zero attached hydrogens (tertiary/aromatic N) is 2. The van der Waals surface area contributed by atoms with Gasteiger partial charge >= 0.3 is 0 Å². The van der Waals surface area contributed by atoms with E-state index in [2.05, 4.69) is 27.1 Å². The minimum absolute atomic E-state index is 0.0210. The van der Waals surface area contributed by atoms with Crippen molar-refractivity contribution in [3.8, 4) is 5.75 Å². The first-order valence-electron chi connectivity index (χ1n) is 9.54. The highest BCUT2D eigenvalue weighted by Crippen LogP contribution is 2.22. The second-order valence-corrected chi connectivity index (χ2v) is 7.88. The van der Waals surface area contributed by atoms with E-state index in [-0.39, 0.29) is 35.7 Å². The molecule has 2 amide bonds. The largest absolute Gasteiger partial charge is 0.484 e. The van der Waals surface area contributed by atoms with Gasteiger partial charge in [-0.25, -0.2) is 9.37 Å². The number of anilines is 1. The number of benzene rings is 1. The predicted molar refractivity (Wildman–Crippen MR) is 116 cm³/mol. The quantitative estimate of drug-likeness (QED) is 0.587. The lowest BCUT2D eigenvalue weighted by atomic mass is 10.3. The Labute approximate surface area is 188 Å². The fourth-order valence-electron chi connectivity index (χ4n) is 2.67. The van der Waals surface area contributed by atoms with Gasteiger partial charge in [-0.3, -0.25) is 9.59 Å². The molecule has 0 saturated carbocycles.